The Bertz CT molecular complexity index is 95.7. The van der Waals surface area contributed by atoms with E-state index in [1.54, 1.807) is 0 Å². The summed E-state index contributed by atoms with van der Waals surface area (Å²) in [7, 11) is 0. The average Bonchev–Trinajstić information content (AvgIpc) is 1.87. The highest BCUT2D eigenvalue weighted by atomic mass is 16.6. The fourth-order valence-electron chi connectivity index (χ4n) is 0.471. The molecule has 4 heteroatoms. The molecule has 0 unspecified atom stereocenters. The van der Waals surface area contributed by atoms with Gasteiger partial charge >= 0.3 is 0 Å². The molecular weight excluding hydrogens is 132 g/mol. The second-order valence-corrected chi connectivity index (χ2v) is 2.00. The lowest BCUT2D eigenvalue weighted by Crippen LogP contribution is -2.20. The lowest BCUT2D eigenvalue weighted by molar-refractivity contribution is -0.131. The van der Waals surface area contributed by atoms with Gasteiger partial charge < -0.3 is 5.73 Å². The van der Waals surface area contributed by atoms with Gasteiger partial charge in [0.1, 0.15) is 0 Å². The zero-order valence-corrected chi connectivity index (χ0v) is 6.22. The first-order chi connectivity index (χ1) is 4.77. The number of hydrogen-bond acceptors (Lipinski definition) is 3. The third kappa shape index (κ3) is 7.39. The second-order valence-electron chi connectivity index (χ2n) is 2.00. The van der Waals surface area contributed by atoms with Gasteiger partial charge in [-0.3, -0.25) is 9.63 Å². The van der Waals surface area contributed by atoms with Gasteiger partial charge in [-0.25, -0.2) is 5.48 Å². The van der Waals surface area contributed by atoms with Gasteiger partial charge in [0.25, 0.3) is 0 Å². The normalized spacial score (nSPS) is 9.40. The molecule has 0 aromatic rings. The summed E-state index contributed by atoms with van der Waals surface area (Å²) in [5.74, 6) is -0.173. The Balaban J connectivity index is 2.84. The first-order valence-electron chi connectivity index (χ1n) is 3.36. The van der Waals surface area contributed by atoms with E-state index in [-0.39, 0.29) is 5.91 Å². The Morgan fingerprint density at radius 3 is 2.80 bits per heavy atom. The van der Waals surface area contributed by atoms with Crippen molar-refractivity contribution in [3.8, 4) is 0 Å². The van der Waals surface area contributed by atoms with Crippen LogP contribution in [0, 0.1) is 0 Å². The lowest BCUT2D eigenvalue weighted by atomic mass is 10.3. The number of amides is 1. The number of carbonyl (C=O) groups is 1. The molecule has 0 fully saturated rings. The Hall–Kier alpha value is -0.610. The van der Waals surface area contributed by atoms with Crippen LogP contribution in [-0.4, -0.2) is 19.1 Å². The van der Waals surface area contributed by atoms with E-state index in [0.29, 0.717) is 13.2 Å². The van der Waals surface area contributed by atoms with Crippen LogP contribution in [0.25, 0.3) is 0 Å². The molecule has 1 amide bonds. The number of rotatable bonds is 5. The maximum atomic E-state index is 10.2. The molecule has 0 saturated heterocycles. The van der Waals surface area contributed by atoms with Crippen molar-refractivity contribution in [2.45, 2.75) is 19.8 Å². The standard InChI is InChI=1S/C6H14N2O2/c1-6(9)8-10-5-3-2-4-7/h2-5,7H2,1H3,(H,8,9). The second kappa shape index (κ2) is 6.51. The Morgan fingerprint density at radius 1 is 1.60 bits per heavy atom. The molecule has 0 aromatic heterocycles. The van der Waals surface area contributed by atoms with Gasteiger partial charge in [0.05, 0.1) is 6.61 Å². The monoisotopic (exact) mass is 146 g/mol. The molecule has 0 bridgehead atoms. The summed E-state index contributed by atoms with van der Waals surface area (Å²) in [6, 6.07) is 0. The van der Waals surface area contributed by atoms with Crippen LogP contribution in [-0.2, 0) is 9.63 Å². The van der Waals surface area contributed by atoms with Gasteiger partial charge in [-0.1, -0.05) is 0 Å². The molecule has 3 N–H and O–H groups in total. The minimum Gasteiger partial charge on any atom is -0.330 e. The summed E-state index contributed by atoms with van der Waals surface area (Å²) in [5.41, 5.74) is 7.45. The van der Waals surface area contributed by atoms with Crippen molar-refractivity contribution in [2.75, 3.05) is 13.2 Å². The lowest BCUT2D eigenvalue weighted by Gasteiger charge is -2.00. The molecule has 0 heterocycles. The van der Waals surface area contributed by atoms with Gasteiger partial charge in [0.15, 0.2) is 0 Å². The van der Waals surface area contributed by atoms with E-state index in [1.165, 1.54) is 6.92 Å². The predicted octanol–water partition coefficient (Wildman–Crippen LogP) is -0.207. The smallest absolute Gasteiger partial charge is 0.240 e. The third-order valence-corrected chi connectivity index (χ3v) is 0.916. The van der Waals surface area contributed by atoms with Gasteiger partial charge in [-0.05, 0) is 19.4 Å². The summed E-state index contributed by atoms with van der Waals surface area (Å²) < 4.78 is 0. The van der Waals surface area contributed by atoms with Crippen LogP contribution >= 0.6 is 0 Å². The fourth-order valence-corrected chi connectivity index (χ4v) is 0.471. The number of unbranched alkanes of at least 4 members (excludes halogenated alkanes) is 1. The van der Waals surface area contributed by atoms with Crippen molar-refractivity contribution < 1.29 is 9.63 Å². The zero-order valence-electron chi connectivity index (χ0n) is 6.22. The van der Waals surface area contributed by atoms with E-state index in [0.717, 1.165) is 12.8 Å². The minimum absolute atomic E-state index is 0.173. The Morgan fingerprint density at radius 2 is 2.30 bits per heavy atom. The van der Waals surface area contributed by atoms with Crippen molar-refractivity contribution >= 4 is 5.91 Å². The fraction of sp³-hybridized carbons (Fsp3) is 0.833. The number of nitrogens with one attached hydrogen (secondary N) is 1. The highest BCUT2D eigenvalue weighted by Crippen LogP contribution is 1.84. The molecule has 0 radical (unpaired) electrons. The highest BCUT2D eigenvalue weighted by Gasteiger charge is 1.89. The number of hydroxylamine groups is 1. The van der Waals surface area contributed by atoms with Crippen molar-refractivity contribution in [3.63, 3.8) is 0 Å². The van der Waals surface area contributed by atoms with Crippen molar-refractivity contribution in [3.05, 3.63) is 0 Å². The van der Waals surface area contributed by atoms with E-state index >= 15 is 0 Å². The maximum absolute atomic E-state index is 10.2. The van der Waals surface area contributed by atoms with Crippen LogP contribution in [0.2, 0.25) is 0 Å². The van der Waals surface area contributed by atoms with E-state index in [2.05, 4.69) is 5.48 Å². The van der Waals surface area contributed by atoms with Crippen LogP contribution in [0.1, 0.15) is 19.8 Å². The molecule has 0 aliphatic carbocycles. The summed E-state index contributed by atoms with van der Waals surface area (Å²) in [4.78, 5) is 15.0. The van der Waals surface area contributed by atoms with Crippen molar-refractivity contribution in [1.82, 2.24) is 5.48 Å². The van der Waals surface area contributed by atoms with E-state index in [1.807, 2.05) is 0 Å². The number of carbonyl (C=O) groups excluding carboxylic acids is 1. The molecule has 4 nitrogen and oxygen atoms in total. The largest absolute Gasteiger partial charge is 0.330 e. The number of hydrogen-bond donors (Lipinski definition) is 2. The van der Waals surface area contributed by atoms with E-state index in [4.69, 9.17) is 10.6 Å². The topological polar surface area (TPSA) is 64.3 Å². The summed E-state index contributed by atoms with van der Waals surface area (Å²) in [5, 5.41) is 0. The van der Waals surface area contributed by atoms with Crippen molar-refractivity contribution in [1.29, 1.82) is 0 Å². The van der Waals surface area contributed by atoms with Gasteiger partial charge in [0, 0.05) is 6.92 Å². The SMILES string of the molecule is CC(=O)NOCCCCN. The van der Waals surface area contributed by atoms with Crippen LogP contribution in [0.4, 0.5) is 0 Å². The molecule has 0 saturated carbocycles. The van der Waals surface area contributed by atoms with Crippen molar-refractivity contribution in [2.24, 2.45) is 5.73 Å². The molecule has 0 rings (SSSR count). The molecule has 60 valence electrons. The van der Waals surface area contributed by atoms with E-state index in [9.17, 15) is 4.79 Å². The summed E-state index contributed by atoms with van der Waals surface area (Å²) >= 11 is 0. The zero-order chi connectivity index (χ0) is 7.82. The van der Waals surface area contributed by atoms with Gasteiger partial charge in [0.2, 0.25) is 5.91 Å². The number of nitrogens with two attached hydrogens (primary N) is 1. The van der Waals surface area contributed by atoms with Crippen LogP contribution in [0.3, 0.4) is 0 Å². The molecule has 0 aliphatic rings. The first-order valence-corrected chi connectivity index (χ1v) is 3.36. The molecule has 0 aromatic carbocycles. The van der Waals surface area contributed by atoms with Gasteiger partial charge in [-0.2, -0.15) is 0 Å². The summed E-state index contributed by atoms with van der Waals surface area (Å²) in [6.45, 7) is 2.61. The summed E-state index contributed by atoms with van der Waals surface area (Å²) in [6.07, 6.45) is 1.82. The van der Waals surface area contributed by atoms with Gasteiger partial charge in [-0.15, -0.1) is 0 Å². The highest BCUT2D eigenvalue weighted by molar-refractivity contribution is 5.71. The predicted molar refractivity (Wildman–Crippen MR) is 38.1 cm³/mol. The molecular formula is C6H14N2O2. The molecule has 0 atom stereocenters. The van der Waals surface area contributed by atoms with Crippen LogP contribution in [0.15, 0.2) is 0 Å². The Kier molecular flexibility index (Phi) is 6.11. The van der Waals surface area contributed by atoms with E-state index < -0.39 is 0 Å². The first kappa shape index (κ1) is 9.39. The maximum Gasteiger partial charge on any atom is 0.240 e. The third-order valence-electron chi connectivity index (χ3n) is 0.916. The molecule has 0 aliphatic heterocycles. The molecule has 10 heavy (non-hydrogen) atoms. The van der Waals surface area contributed by atoms with Crippen LogP contribution in [0.5, 0.6) is 0 Å². The average molecular weight is 146 g/mol. The molecule has 0 spiro atoms. The van der Waals surface area contributed by atoms with Crippen LogP contribution < -0.4 is 11.2 Å². The quantitative estimate of drug-likeness (QED) is 0.417. The Labute approximate surface area is 60.7 Å². The minimum atomic E-state index is -0.173.